The van der Waals surface area contributed by atoms with Gasteiger partial charge in [0.25, 0.3) is 0 Å². The second-order valence-electron chi connectivity index (χ2n) is 8.35. The van der Waals surface area contributed by atoms with Gasteiger partial charge >= 0.3 is 5.97 Å². The topological polar surface area (TPSA) is 37.3 Å². The first kappa shape index (κ1) is 19.5. The third kappa shape index (κ3) is 7.31. The van der Waals surface area contributed by atoms with Crippen molar-refractivity contribution in [3.8, 4) is 0 Å². The molecule has 2 heteroatoms. The van der Waals surface area contributed by atoms with Crippen molar-refractivity contribution in [3.63, 3.8) is 0 Å². The summed E-state index contributed by atoms with van der Waals surface area (Å²) in [6.07, 6.45) is 2.99. The molecule has 0 aliphatic rings. The summed E-state index contributed by atoms with van der Waals surface area (Å²) in [5.41, 5.74) is 0.328. The Morgan fingerprint density at radius 3 is 1.80 bits per heavy atom. The van der Waals surface area contributed by atoms with Crippen LogP contribution in [0.5, 0.6) is 0 Å². The van der Waals surface area contributed by atoms with Gasteiger partial charge in [-0.25, -0.2) is 0 Å². The van der Waals surface area contributed by atoms with Gasteiger partial charge < -0.3 is 5.11 Å². The summed E-state index contributed by atoms with van der Waals surface area (Å²) in [7, 11) is 0. The summed E-state index contributed by atoms with van der Waals surface area (Å²) in [6, 6.07) is 0. The van der Waals surface area contributed by atoms with E-state index in [-0.39, 0.29) is 11.8 Å². The molecule has 120 valence electrons. The molecule has 4 atom stereocenters. The zero-order chi connectivity index (χ0) is 16.1. The van der Waals surface area contributed by atoms with Crippen molar-refractivity contribution in [1.29, 1.82) is 0 Å². The zero-order valence-corrected chi connectivity index (χ0v) is 14.9. The molecule has 0 bridgehead atoms. The lowest BCUT2D eigenvalue weighted by molar-refractivity contribution is -0.144. The first-order chi connectivity index (χ1) is 8.95. The minimum Gasteiger partial charge on any atom is -0.481 e. The Morgan fingerprint density at radius 1 is 0.950 bits per heavy atom. The number of carboxylic acid groups (broad SMARTS) is 1. The first-order valence-electron chi connectivity index (χ1n) is 8.18. The second-order valence-corrected chi connectivity index (χ2v) is 8.35. The van der Waals surface area contributed by atoms with Gasteiger partial charge in [0.05, 0.1) is 5.92 Å². The normalized spacial score (nSPS) is 18.6. The third-order valence-electron chi connectivity index (χ3n) is 4.76. The second kappa shape index (κ2) is 8.05. The van der Waals surface area contributed by atoms with Crippen molar-refractivity contribution in [1.82, 2.24) is 0 Å². The van der Waals surface area contributed by atoms with E-state index in [4.69, 9.17) is 0 Å². The molecule has 0 fully saturated rings. The Balaban J connectivity index is 4.53. The van der Waals surface area contributed by atoms with E-state index in [2.05, 4.69) is 55.4 Å². The molecule has 0 rings (SSSR count). The Labute approximate surface area is 126 Å². The van der Waals surface area contributed by atoms with Gasteiger partial charge in [0.2, 0.25) is 0 Å². The largest absolute Gasteiger partial charge is 0.481 e. The van der Waals surface area contributed by atoms with Crippen LogP contribution in [0, 0.1) is 35.0 Å². The van der Waals surface area contributed by atoms with Crippen molar-refractivity contribution >= 4 is 5.97 Å². The fraction of sp³-hybridized carbons (Fsp3) is 0.944. The van der Waals surface area contributed by atoms with E-state index in [0.717, 1.165) is 19.3 Å². The molecule has 0 saturated carbocycles. The molecule has 2 nitrogen and oxygen atoms in total. The lowest BCUT2D eigenvalue weighted by atomic mass is 9.75. The van der Waals surface area contributed by atoms with Crippen molar-refractivity contribution in [2.24, 2.45) is 35.0 Å². The Hall–Kier alpha value is -0.530. The van der Waals surface area contributed by atoms with Crippen LogP contribution in [0.1, 0.15) is 74.7 Å². The summed E-state index contributed by atoms with van der Waals surface area (Å²) in [5.74, 6) is 1.02. The highest BCUT2D eigenvalue weighted by atomic mass is 16.4. The van der Waals surface area contributed by atoms with E-state index < -0.39 is 5.97 Å². The predicted molar refractivity (Wildman–Crippen MR) is 86.8 cm³/mol. The highest BCUT2D eigenvalue weighted by Gasteiger charge is 2.30. The Bertz CT molecular complexity index is 288. The summed E-state index contributed by atoms with van der Waals surface area (Å²) in [4.78, 5) is 11.6. The molecule has 0 radical (unpaired) electrons. The highest BCUT2D eigenvalue weighted by Crippen LogP contribution is 2.33. The van der Waals surface area contributed by atoms with Crippen molar-refractivity contribution in [2.45, 2.75) is 74.7 Å². The van der Waals surface area contributed by atoms with E-state index in [1.165, 1.54) is 0 Å². The summed E-state index contributed by atoms with van der Waals surface area (Å²) < 4.78 is 0. The Morgan fingerprint density at radius 2 is 1.45 bits per heavy atom. The molecule has 1 N–H and O–H groups in total. The van der Waals surface area contributed by atoms with Crippen LogP contribution >= 0.6 is 0 Å². The maximum Gasteiger partial charge on any atom is 0.306 e. The minimum atomic E-state index is -0.618. The van der Waals surface area contributed by atoms with Gasteiger partial charge in [0, 0.05) is 0 Å². The van der Waals surface area contributed by atoms with Crippen LogP contribution in [0.15, 0.2) is 0 Å². The van der Waals surface area contributed by atoms with Crippen LogP contribution in [0.4, 0.5) is 0 Å². The highest BCUT2D eigenvalue weighted by molar-refractivity contribution is 5.70. The molecule has 0 aromatic heterocycles. The lowest BCUT2D eigenvalue weighted by Crippen LogP contribution is -2.29. The molecule has 0 spiro atoms. The molecule has 0 heterocycles. The molecule has 0 aliphatic heterocycles. The van der Waals surface area contributed by atoms with E-state index in [0.29, 0.717) is 23.2 Å². The monoisotopic (exact) mass is 284 g/mol. The Kier molecular flexibility index (Phi) is 7.83. The average molecular weight is 284 g/mol. The molecule has 20 heavy (non-hydrogen) atoms. The number of rotatable bonds is 8. The van der Waals surface area contributed by atoms with Gasteiger partial charge in [-0.05, 0) is 48.3 Å². The first-order valence-corrected chi connectivity index (χ1v) is 8.18. The molecular formula is C18H36O2. The van der Waals surface area contributed by atoms with Crippen LogP contribution in [-0.4, -0.2) is 11.1 Å². The third-order valence-corrected chi connectivity index (χ3v) is 4.76. The van der Waals surface area contributed by atoms with Crippen LogP contribution in [0.3, 0.4) is 0 Å². The minimum absolute atomic E-state index is 0.199. The number of hydrogen-bond acceptors (Lipinski definition) is 1. The standard InChI is InChI=1S/C18H36O2/c1-12(2)14(4)15(5)16(17(19)20)10-9-13(3)11-18(6,7)8/h12-16H,9-11H2,1-8H3,(H,19,20). The quantitative estimate of drug-likeness (QED) is 0.642. The molecule has 4 unspecified atom stereocenters. The van der Waals surface area contributed by atoms with Gasteiger partial charge in [-0.2, -0.15) is 0 Å². The van der Waals surface area contributed by atoms with Gasteiger partial charge in [-0.15, -0.1) is 0 Å². The molecular weight excluding hydrogens is 248 g/mol. The van der Waals surface area contributed by atoms with E-state index >= 15 is 0 Å². The number of carbonyl (C=O) groups is 1. The van der Waals surface area contributed by atoms with Crippen molar-refractivity contribution in [3.05, 3.63) is 0 Å². The fourth-order valence-electron chi connectivity index (χ4n) is 3.20. The van der Waals surface area contributed by atoms with Crippen LogP contribution in [0.2, 0.25) is 0 Å². The molecule has 0 aromatic rings. The SMILES string of the molecule is CC(CCC(C(=O)O)C(C)C(C)C(C)C)CC(C)(C)C. The molecule has 0 saturated heterocycles. The van der Waals surface area contributed by atoms with Gasteiger partial charge in [0.1, 0.15) is 0 Å². The zero-order valence-electron chi connectivity index (χ0n) is 14.9. The summed E-state index contributed by atoms with van der Waals surface area (Å²) in [6.45, 7) is 17.7. The fourth-order valence-corrected chi connectivity index (χ4v) is 3.20. The number of aliphatic carboxylic acids is 1. The average Bonchev–Trinajstić information content (AvgIpc) is 2.24. The number of hydrogen-bond donors (Lipinski definition) is 1. The summed E-state index contributed by atoms with van der Waals surface area (Å²) >= 11 is 0. The van der Waals surface area contributed by atoms with Crippen molar-refractivity contribution < 1.29 is 9.90 Å². The maximum atomic E-state index is 11.6. The molecule has 0 aliphatic carbocycles. The predicted octanol–water partition coefficient (Wildman–Crippen LogP) is 5.47. The molecule has 0 amide bonds. The van der Waals surface area contributed by atoms with Gasteiger partial charge in [-0.3, -0.25) is 4.79 Å². The maximum absolute atomic E-state index is 11.6. The van der Waals surface area contributed by atoms with Crippen LogP contribution in [0.25, 0.3) is 0 Å². The van der Waals surface area contributed by atoms with Crippen LogP contribution < -0.4 is 0 Å². The van der Waals surface area contributed by atoms with Crippen molar-refractivity contribution in [2.75, 3.05) is 0 Å². The lowest BCUT2D eigenvalue weighted by Gasteiger charge is -2.30. The van der Waals surface area contributed by atoms with Gasteiger partial charge in [0.15, 0.2) is 0 Å². The summed E-state index contributed by atoms with van der Waals surface area (Å²) in [5, 5.41) is 9.52. The smallest absolute Gasteiger partial charge is 0.306 e. The molecule has 0 aromatic carbocycles. The van der Waals surface area contributed by atoms with Crippen LogP contribution in [-0.2, 0) is 4.79 Å². The van der Waals surface area contributed by atoms with Gasteiger partial charge in [-0.1, -0.05) is 55.4 Å². The van der Waals surface area contributed by atoms with E-state index in [9.17, 15) is 9.90 Å². The van der Waals surface area contributed by atoms with E-state index in [1.807, 2.05) is 0 Å². The van der Waals surface area contributed by atoms with E-state index in [1.54, 1.807) is 0 Å². The number of carboxylic acids is 1.